The van der Waals surface area contributed by atoms with Gasteiger partial charge in [-0.1, -0.05) is 155 Å². The zero-order valence-electron chi connectivity index (χ0n) is 51.7. The molecule has 2 N–H and O–H groups in total. The largest absolute Gasteiger partial charge is 0.330 e. The Morgan fingerprint density at radius 3 is 0.973 bits per heavy atom. The molecular weight excluding hydrogens is 909 g/mol. The molecule has 2 saturated heterocycles. The second-order valence-electron chi connectivity index (χ2n) is 24.3. The van der Waals surface area contributed by atoms with Crippen molar-refractivity contribution >= 4 is 0 Å². The molecule has 0 bridgehead atoms. The van der Waals surface area contributed by atoms with E-state index in [0.717, 1.165) is 38.6 Å². The Labute approximate surface area is 465 Å². The number of hydrogen-bond acceptors (Lipinski definition) is 10. The van der Waals surface area contributed by atoms with Crippen LogP contribution < -0.4 is 5.73 Å². The third kappa shape index (κ3) is 44.0. The summed E-state index contributed by atoms with van der Waals surface area (Å²) in [6.45, 7) is 24.4. The fourth-order valence-electron chi connectivity index (χ4n) is 11.8. The summed E-state index contributed by atoms with van der Waals surface area (Å²) in [5, 5.41) is 9.19. The lowest BCUT2D eigenvalue weighted by molar-refractivity contribution is 0.170. The Morgan fingerprint density at radius 2 is 0.649 bits per heavy atom. The van der Waals surface area contributed by atoms with Crippen molar-refractivity contribution in [2.75, 3.05) is 154 Å². The standard InChI is InChI=1S/C32H69N5.C32H65N5/c2*1-5-6-7-8-9-10-11-12-13-14-15-21-32-22-31-37(29-18-23-33)30-20-27-35(3)25-17-16-24-34(2)26-19-28-36(32)4/h32H,5-31,33H2,1-4H3;32H,5-22,24-31H2,1-4H3. The molecule has 10 heteroatoms. The highest BCUT2D eigenvalue weighted by Gasteiger charge is 2.19. The first-order chi connectivity index (χ1) is 36.1. The van der Waals surface area contributed by atoms with Crippen LogP contribution in [0.4, 0.5) is 0 Å². The summed E-state index contributed by atoms with van der Waals surface area (Å²) in [6.07, 6.45) is 48.6. The van der Waals surface area contributed by atoms with Gasteiger partial charge in [-0.3, -0.25) is 0 Å². The van der Waals surface area contributed by atoms with E-state index in [1.807, 2.05) is 0 Å². The number of hydrogen-bond donors (Lipinski definition) is 1. The highest BCUT2D eigenvalue weighted by atomic mass is 15.2. The zero-order valence-corrected chi connectivity index (χ0v) is 51.7. The normalized spacial score (nSPS) is 21.7. The van der Waals surface area contributed by atoms with Gasteiger partial charge in [0, 0.05) is 25.0 Å². The van der Waals surface area contributed by atoms with Gasteiger partial charge in [-0.25, -0.2) is 0 Å². The Balaban J connectivity index is 0.000000740. The summed E-state index contributed by atoms with van der Waals surface area (Å²) in [6, 6.07) is 3.78. The van der Waals surface area contributed by atoms with Crippen LogP contribution in [0.25, 0.3) is 0 Å². The molecular formula is C64H134N10. The van der Waals surface area contributed by atoms with Crippen LogP contribution in [0.2, 0.25) is 0 Å². The molecule has 0 aromatic heterocycles. The van der Waals surface area contributed by atoms with Gasteiger partial charge in [0.05, 0.1) is 6.07 Å². The number of nitriles is 1. The Bertz CT molecular complexity index is 1190. The van der Waals surface area contributed by atoms with E-state index in [9.17, 15) is 5.26 Å². The quantitative estimate of drug-likeness (QED) is 0.0732. The van der Waals surface area contributed by atoms with Gasteiger partial charge in [-0.2, -0.15) is 5.26 Å². The summed E-state index contributed by atoms with van der Waals surface area (Å²) in [7, 11) is 14.0. The van der Waals surface area contributed by atoms with Crippen molar-refractivity contribution < 1.29 is 0 Å². The van der Waals surface area contributed by atoms with Gasteiger partial charge in [0.1, 0.15) is 0 Å². The van der Waals surface area contributed by atoms with Gasteiger partial charge < -0.3 is 44.9 Å². The van der Waals surface area contributed by atoms with Crippen molar-refractivity contribution in [3.63, 3.8) is 0 Å². The molecule has 2 rings (SSSR count). The number of nitrogens with two attached hydrogens (primary N) is 1. The van der Waals surface area contributed by atoms with Crippen LogP contribution in [0.15, 0.2) is 0 Å². The molecule has 2 aliphatic rings. The van der Waals surface area contributed by atoms with E-state index in [-0.39, 0.29) is 0 Å². The van der Waals surface area contributed by atoms with Crippen molar-refractivity contribution in [1.82, 2.24) is 39.2 Å². The van der Waals surface area contributed by atoms with Crippen LogP contribution >= 0.6 is 0 Å². The molecule has 74 heavy (non-hydrogen) atoms. The van der Waals surface area contributed by atoms with E-state index < -0.39 is 0 Å². The van der Waals surface area contributed by atoms with E-state index in [1.54, 1.807) is 0 Å². The topological polar surface area (TPSA) is 75.7 Å². The SMILES string of the molecule is CCCCCCCCCCCCCC1CCN(CCC#N)CCCN(C)CCCCN(C)CCCN1C.CCCCCCCCCCCCCC1CCN(CCCN)CCCN(C)CCCCN(C)CCCN1C. The minimum atomic E-state index is 0.654. The van der Waals surface area contributed by atoms with E-state index >= 15 is 0 Å². The first-order valence-electron chi connectivity index (χ1n) is 32.8. The van der Waals surface area contributed by atoms with Gasteiger partial charge in [0.25, 0.3) is 0 Å². The van der Waals surface area contributed by atoms with Gasteiger partial charge in [-0.15, -0.1) is 0 Å². The first kappa shape index (κ1) is 71.1. The molecule has 2 heterocycles. The number of nitrogens with zero attached hydrogens (tertiary/aromatic N) is 9. The van der Waals surface area contributed by atoms with E-state index in [1.165, 1.54) is 303 Å². The lowest BCUT2D eigenvalue weighted by Crippen LogP contribution is -2.38. The van der Waals surface area contributed by atoms with Crippen molar-refractivity contribution in [3.05, 3.63) is 0 Å². The number of rotatable bonds is 29. The van der Waals surface area contributed by atoms with Crippen LogP contribution in [0.3, 0.4) is 0 Å². The van der Waals surface area contributed by atoms with E-state index in [4.69, 9.17) is 5.73 Å². The van der Waals surface area contributed by atoms with Gasteiger partial charge in [-0.05, 0) is 230 Å². The summed E-state index contributed by atoms with van der Waals surface area (Å²) < 4.78 is 0. The fraction of sp³-hybridized carbons (Fsp3) is 0.984. The highest BCUT2D eigenvalue weighted by molar-refractivity contribution is 4.77. The lowest BCUT2D eigenvalue weighted by Gasteiger charge is -2.31. The van der Waals surface area contributed by atoms with Crippen LogP contribution in [-0.4, -0.2) is 205 Å². The highest BCUT2D eigenvalue weighted by Crippen LogP contribution is 2.19. The Kier molecular flexibility index (Phi) is 50.8. The molecule has 0 aromatic carbocycles. The van der Waals surface area contributed by atoms with Gasteiger partial charge in [0.15, 0.2) is 0 Å². The second kappa shape index (κ2) is 52.8. The molecule has 10 nitrogen and oxygen atoms in total. The van der Waals surface area contributed by atoms with Crippen molar-refractivity contribution in [2.24, 2.45) is 5.73 Å². The average Bonchev–Trinajstić information content (AvgIpc) is 3.39. The summed E-state index contributed by atoms with van der Waals surface area (Å²) in [5.41, 5.74) is 5.89. The third-order valence-electron chi connectivity index (χ3n) is 17.1. The summed E-state index contributed by atoms with van der Waals surface area (Å²) >= 11 is 0. The van der Waals surface area contributed by atoms with Crippen LogP contribution in [0.1, 0.15) is 245 Å². The minimum Gasteiger partial charge on any atom is -0.330 e. The van der Waals surface area contributed by atoms with Crippen molar-refractivity contribution in [1.29, 1.82) is 5.26 Å². The molecule has 0 radical (unpaired) electrons. The molecule has 2 unspecified atom stereocenters. The first-order valence-corrected chi connectivity index (χ1v) is 32.8. The predicted octanol–water partition coefficient (Wildman–Crippen LogP) is 13.5. The summed E-state index contributed by atoms with van der Waals surface area (Å²) in [5.74, 6) is 0. The van der Waals surface area contributed by atoms with Gasteiger partial charge in [0.2, 0.25) is 0 Å². The molecule has 440 valence electrons. The zero-order chi connectivity index (χ0) is 54.0. The molecule has 0 amide bonds. The fourth-order valence-corrected chi connectivity index (χ4v) is 11.8. The molecule has 0 aromatic rings. The second-order valence-corrected chi connectivity index (χ2v) is 24.3. The van der Waals surface area contributed by atoms with Crippen LogP contribution in [-0.2, 0) is 0 Å². The smallest absolute Gasteiger partial charge is 0.0635 e. The van der Waals surface area contributed by atoms with Crippen LogP contribution in [0.5, 0.6) is 0 Å². The van der Waals surface area contributed by atoms with Crippen LogP contribution in [0, 0.1) is 11.3 Å². The Hall–Kier alpha value is -0.870. The maximum atomic E-state index is 9.19. The molecule has 2 fully saturated rings. The maximum Gasteiger partial charge on any atom is 0.0635 e. The predicted molar refractivity (Wildman–Crippen MR) is 328 cm³/mol. The monoisotopic (exact) mass is 1040 g/mol. The maximum absolute atomic E-state index is 9.19. The molecule has 0 aliphatic carbocycles. The molecule has 0 spiro atoms. The molecule has 0 saturated carbocycles. The van der Waals surface area contributed by atoms with E-state index in [2.05, 4.69) is 101 Å². The lowest BCUT2D eigenvalue weighted by atomic mass is 10.0. The average molecular weight is 1040 g/mol. The Morgan fingerprint density at radius 1 is 0.351 bits per heavy atom. The van der Waals surface area contributed by atoms with E-state index in [0.29, 0.717) is 12.5 Å². The molecule has 2 atom stereocenters. The van der Waals surface area contributed by atoms with Crippen molar-refractivity contribution in [3.8, 4) is 6.07 Å². The minimum absolute atomic E-state index is 0.654. The molecule has 2 aliphatic heterocycles. The van der Waals surface area contributed by atoms with Crippen molar-refractivity contribution in [2.45, 2.75) is 257 Å². The third-order valence-corrected chi connectivity index (χ3v) is 17.1. The van der Waals surface area contributed by atoms with Gasteiger partial charge >= 0.3 is 0 Å². The summed E-state index contributed by atoms with van der Waals surface area (Å²) in [4.78, 5) is 20.8. The number of unbranched alkanes of at least 4 members (excludes halogenated alkanes) is 20.